The molecule has 2 amide bonds. The smallest absolute Gasteiger partial charge is 0.265 e. The minimum atomic E-state index is -0.209. The average Bonchev–Trinajstić information content (AvgIpc) is 2.77. The molecule has 0 aromatic heterocycles. The third kappa shape index (κ3) is 4.80. The Kier molecular flexibility index (Phi) is 6.30. The highest BCUT2D eigenvalue weighted by Gasteiger charge is 2.27. The summed E-state index contributed by atoms with van der Waals surface area (Å²) in [5, 5.41) is 2.98. The predicted octanol–water partition coefficient (Wildman–Crippen LogP) is 1.48. The number of likely N-dealkylation sites (N-methyl/N-ethyl adjacent to an activating group) is 1. The lowest BCUT2D eigenvalue weighted by atomic mass is 10.1. The van der Waals surface area contributed by atoms with Crippen LogP contribution in [0.4, 0.5) is 5.69 Å². The summed E-state index contributed by atoms with van der Waals surface area (Å²) >= 11 is 0. The Bertz CT molecular complexity index is 909. The van der Waals surface area contributed by atoms with E-state index < -0.39 is 0 Å². The van der Waals surface area contributed by atoms with Gasteiger partial charge >= 0.3 is 0 Å². The Morgan fingerprint density at radius 2 is 1.70 bits per heavy atom. The summed E-state index contributed by atoms with van der Waals surface area (Å²) in [5.74, 6) is 0.233. The molecule has 0 atom stereocenters. The summed E-state index contributed by atoms with van der Waals surface area (Å²) in [6.45, 7) is 5.53. The molecule has 2 aromatic carbocycles. The standard InChI is InChI=1S/C23H28N4O3/c1-25-10-12-26(13-11-25)15-19-7-3-2-6-18(19)14-24-22(28)16-27-20-8-4-5-9-21(20)30-17-23(27)29/h2-9H,10-17H2,1H3,(H,24,28). The number of amides is 2. The van der Waals surface area contributed by atoms with Crippen LogP contribution in [0.25, 0.3) is 0 Å². The van der Waals surface area contributed by atoms with Gasteiger partial charge in [0.2, 0.25) is 5.91 Å². The first-order valence-electron chi connectivity index (χ1n) is 10.4. The molecule has 0 unspecified atom stereocenters. The van der Waals surface area contributed by atoms with E-state index in [1.807, 2.05) is 24.3 Å². The number of hydrogen-bond donors (Lipinski definition) is 1. The molecule has 7 nitrogen and oxygen atoms in total. The van der Waals surface area contributed by atoms with E-state index in [9.17, 15) is 9.59 Å². The van der Waals surface area contributed by atoms with Crippen molar-refractivity contribution in [2.45, 2.75) is 13.1 Å². The molecular weight excluding hydrogens is 380 g/mol. The maximum absolute atomic E-state index is 12.6. The summed E-state index contributed by atoms with van der Waals surface area (Å²) in [4.78, 5) is 31.2. The molecule has 2 aromatic rings. The maximum Gasteiger partial charge on any atom is 0.265 e. The highest BCUT2D eigenvalue weighted by Crippen LogP contribution is 2.31. The summed E-state index contributed by atoms with van der Waals surface area (Å²) in [7, 11) is 2.15. The van der Waals surface area contributed by atoms with Crippen molar-refractivity contribution in [2.24, 2.45) is 0 Å². The van der Waals surface area contributed by atoms with Gasteiger partial charge in [-0.3, -0.25) is 19.4 Å². The molecule has 0 aliphatic carbocycles. The van der Waals surface area contributed by atoms with Crippen LogP contribution in [-0.2, 0) is 22.7 Å². The van der Waals surface area contributed by atoms with Gasteiger partial charge in [-0.2, -0.15) is 0 Å². The van der Waals surface area contributed by atoms with E-state index in [0.717, 1.165) is 38.3 Å². The molecule has 2 aliphatic rings. The topological polar surface area (TPSA) is 65.1 Å². The number of nitrogens with zero attached hydrogens (tertiary/aromatic N) is 3. The van der Waals surface area contributed by atoms with Gasteiger partial charge in [0.05, 0.1) is 5.69 Å². The molecule has 2 heterocycles. The van der Waals surface area contributed by atoms with Crippen LogP contribution >= 0.6 is 0 Å². The van der Waals surface area contributed by atoms with Gasteiger partial charge in [-0.25, -0.2) is 0 Å². The fourth-order valence-electron chi connectivity index (χ4n) is 3.85. The lowest BCUT2D eigenvalue weighted by Crippen LogP contribution is -2.45. The highest BCUT2D eigenvalue weighted by atomic mass is 16.5. The zero-order valence-corrected chi connectivity index (χ0v) is 17.3. The molecule has 1 fully saturated rings. The van der Waals surface area contributed by atoms with Crippen molar-refractivity contribution >= 4 is 17.5 Å². The summed E-state index contributed by atoms with van der Waals surface area (Å²) < 4.78 is 5.44. The normalized spacial score (nSPS) is 17.4. The first-order valence-corrected chi connectivity index (χ1v) is 10.4. The molecule has 0 saturated carbocycles. The minimum absolute atomic E-state index is 0.0141. The van der Waals surface area contributed by atoms with Crippen LogP contribution in [0.15, 0.2) is 48.5 Å². The van der Waals surface area contributed by atoms with Gasteiger partial charge in [-0.15, -0.1) is 0 Å². The Morgan fingerprint density at radius 3 is 2.50 bits per heavy atom. The van der Waals surface area contributed by atoms with Crippen molar-refractivity contribution in [1.29, 1.82) is 0 Å². The summed E-state index contributed by atoms with van der Waals surface area (Å²) in [6, 6.07) is 15.5. The van der Waals surface area contributed by atoms with Gasteiger partial charge in [-0.1, -0.05) is 36.4 Å². The van der Waals surface area contributed by atoms with E-state index in [0.29, 0.717) is 18.0 Å². The number of benzene rings is 2. The Balaban J connectivity index is 1.36. The molecule has 30 heavy (non-hydrogen) atoms. The van der Waals surface area contributed by atoms with E-state index in [4.69, 9.17) is 4.74 Å². The molecule has 0 bridgehead atoms. The second kappa shape index (κ2) is 9.28. The number of carbonyl (C=O) groups excluding carboxylic acids is 2. The molecule has 0 radical (unpaired) electrons. The fourth-order valence-corrected chi connectivity index (χ4v) is 3.85. The molecule has 7 heteroatoms. The van der Waals surface area contributed by atoms with Crippen molar-refractivity contribution < 1.29 is 14.3 Å². The van der Waals surface area contributed by atoms with Crippen LogP contribution in [0.5, 0.6) is 5.75 Å². The molecular formula is C23H28N4O3. The number of carbonyl (C=O) groups is 2. The van der Waals surface area contributed by atoms with Gasteiger partial charge in [-0.05, 0) is 30.3 Å². The molecule has 2 aliphatic heterocycles. The maximum atomic E-state index is 12.6. The largest absolute Gasteiger partial charge is 0.482 e. The number of hydrogen-bond acceptors (Lipinski definition) is 5. The monoisotopic (exact) mass is 408 g/mol. The van der Waals surface area contributed by atoms with Crippen LogP contribution < -0.4 is 15.0 Å². The van der Waals surface area contributed by atoms with Crippen LogP contribution in [0.2, 0.25) is 0 Å². The SMILES string of the molecule is CN1CCN(Cc2ccccc2CNC(=O)CN2C(=O)COc3ccccc32)CC1. The molecule has 1 saturated heterocycles. The van der Waals surface area contributed by atoms with Crippen molar-refractivity contribution in [3.8, 4) is 5.75 Å². The number of nitrogens with one attached hydrogen (secondary N) is 1. The van der Waals surface area contributed by atoms with E-state index >= 15 is 0 Å². The number of para-hydroxylation sites is 2. The van der Waals surface area contributed by atoms with Crippen molar-refractivity contribution in [3.05, 3.63) is 59.7 Å². The molecule has 158 valence electrons. The van der Waals surface area contributed by atoms with Gasteiger partial charge in [0.15, 0.2) is 6.61 Å². The number of anilines is 1. The zero-order valence-electron chi connectivity index (χ0n) is 17.3. The van der Waals surface area contributed by atoms with Gasteiger partial charge in [0, 0.05) is 39.3 Å². The Labute approximate surface area is 177 Å². The lowest BCUT2D eigenvalue weighted by Gasteiger charge is -2.32. The second-order valence-electron chi connectivity index (χ2n) is 7.86. The van der Waals surface area contributed by atoms with Crippen LogP contribution in [0.3, 0.4) is 0 Å². The molecule has 1 N–H and O–H groups in total. The Hall–Kier alpha value is -2.90. The number of ether oxygens (including phenoxy) is 1. The zero-order chi connectivity index (χ0) is 20.9. The first-order chi connectivity index (χ1) is 14.6. The third-order valence-corrected chi connectivity index (χ3v) is 5.69. The predicted molar refractivity (Wildman–Crippen MR) is 115 cm³/mol. The lowest BCUT2D eigenvalue weighted by molar-refractivity contribution is -0.125. The van der Waals surface area contributed by atoms with Gasteiger partial charge in [0.1, 0.15) is 12.3 Å². The van der Waals surface area contributed by atoms with E-state index in [2.05, 4.69) is 34.3 Å². The van der Waals surface area contributed by atoms with Gasteiger partial charge < -0.3 is 15.0 Å². The fraction of sp³-hybridized carbons (Fsp3) is 0.391. The number of rotatable bonds is 6. The summed E-state index contributed by atoms with van der Waals surface area (Å²) in [5.41, 5.74) is 2.98. The van der Waals surface area contributed by atoms with Gasteiger partial charge in [0.25, 0.3) is 5.91 Å². The Morgan fingerprint density at radius 1 is 1.00 bits per heavy atom. The van der Waals surface area contributed by atoms with E-state index in [1.54, 1.807) is 12.1 Å². The van der Waals surface area contributed by atoms with Crippen LogP contribution in [0.1, 0.15) is 11.1 Å². The average molecular weight is 409 g/mol. The van der Waals surface area contributed by atoms with Crippen LogP contribution in [-0.4, -0.2) is 68.0 Å². The second-order valence-corrected chi connectivity index (χ2v) is 7.86. The summed E-state index contributed by atoms with van der Waals surface area (Å²) in [6.07, 6.45) is 0. The molecule has 4 rings (SSSR count). The van der Waals surface area contributed by atoms with Crippen molar-refractivity contribution in [2.75, 3.05) is 51.3 Å². The minimum Gasteiger partial charge on any atom is -0.482 e. The first kappa shape index (κ1) is 20.4. The van der Waals surface area contributed by atoms with Crippen molar-refractivity contribution in [1.82, 2.24) is 15.1 Å². The van der Waals surface area contributed by atoms with E-state index in [1.165, 1.54) is 10.5 Å². The number of fused-ring (bicyclic) bond motifs is 1. The third-order valence-electron chi connectivity index (χ3n) is 5.69. The number of piperazine rings is 1. The quantitative estimate of drug-likeness (QED) is 0.784. The molecule has 0 spiro atoms. The van der Waals surface area contributed by atoms with Crippen LogP contribution in [0, 0.1) is 0 Å². The highest BCUT2D eigenvalue weighted by molar-refractivity contribution is 6.02. The van der Waals surface area contributed by atoms with E-state index in [-0.39, 0.29) is 25.0 Å². The van der Waals surface area contributed by atoms with Crippen molar-refractivity contribution in [3.63, 3.8) is 0 Å².